The van der Waals surface area contributed by atoms with Gasteiger partial charge < -0.3 is 0 Å². The second kappa shape index (κ2) is 5.61. The molecule has 0 spiro atoms. The van der Waals surface area contributed by atoms with E-state index in [0.717, 1.165) is 19.6 Å². The number of hydrogen-bond donors (Lipinski definition) is 0. The summed E-state index contributed by atoms with van der Waals surface area (Å²) < 4.78 is 0. The Morgan fingerprint density at radius 2 is 1.93 bits per heavy atom. The van der Waals surface area contributed by atoms with Gasteiger partial charge in [0.2, 0.25) is 0 Å². The molecule has 0 atom stereocenters. The van der Waals surface area contributed by atoms with Crippen LogP contribution >= 0.6 is 0 Å². The molecular formula is C13H19N. The highest BCUT2D eigenvalue weighted by Crippen LogP contribution is 2.05. The molecule has 1 nitrogen and oxygen atoms in total. The average Bonchev–Trinajstić information content (AvgIpc) is 2.17. The Morgan fingerprint density at radius 1 is 1.29 bits per heavy atom. The SMILES string of the molecule is C=C(C)CN(CC)Cc1ccccc1. The van der Waals surface area contributed by atoms with Gasteiger partial charge in [0.05, 0.1) is 0 Å². The van der Waals surface area contributed by atoms with E-state index in [1.54, 1.807) is 0 Å². The fraction of sp³-hybridized carbons (Fsp3) is 0.385. The van der Waals surface area contributed by atoms with Gasteiger partial charge >= 0.3 is 0 Å². The summed E-state index contributed by atoms with van der Waals surface area (Å²) in [4.78, 5) is 2.39. The van der Waals surface area contributed by atoms with Crippen molar-refractivity contribution in [1.29, 1.82) is 0 Å². The number of benzene rings is 1. The van der Waals surface area contributed by atoms with E-state index >= 15 is 0 Å². The number of hydrogen-bond acceptors (Lipinski definition) is 1. The van der Waals surface area contributed by atoms with Gasteiger partial charge in [0, 0.05) is 13.1 Å². The fourth-order valence-electron chi connectivity index (χ4n) is 1.50. The molecule has 14 heavy (non-hydrogen) atoms. The first-order chi connectivity index (χ1) is 6.72. The van der Waals surface area contributed by atoms with Crippen molar-refractivity contribution in [1.82, 2.24) is 4.90 Å². The summed E-state index contributed by atoms with van der Waals surface area (Å²) in [7, 11) is 0. The fourth-order valence-corrected chi connectivity index (χ4v) is 1.50. The van der Waals surface area contributed by atoms with Crippen LogP contribution in [0.15, 0.2) is 42.5 Å². The molecule has 76 valence electrons. The lowest BCUT2D eigenvalue weighted by Gasteiger charge is -2.20. The minimum absolute atomic E-state index is 0.991. The van der Waals surface area contributed by atoms with Gasteiger partial charge in [-0.2, -0.15) is 0 Å². The summed E-state index contributed by atoms with van der Waals surface area (Å²) in [5, 5.41) is 0. The van der Waals surface area contributed by atoms with E-state index < -0.39 is 0 Å². The van der Waals surface area contributed by atoms with Crippen molar-refractivity contribution in [2.75, 3.05) is 13.1 Å². The Hall–Kier alpha value is -1.08. The van der Waals surface area contributed by atoms with Gasteiger partial charge in [-0.3, -0.25) is 4.90 Å². The highest BCUT2D eigenvalue weighted by Gasteiger charge is 2.02. The van der Waals surface area contributed by atoms with Gasteiger partial charge in [-0.25, -0.2) is 0 Å². The van der Waals surface area contributed by atoms with E-state index in [9.17, 15) is 0 Å². The van der Waals surface area contributed by atoms with Crippen LogP contribution in [-0.4, -0.2) is 18.0 Å². The van der Waals surface area contributed by atoms with Crippen molar-refractivity contribution >= 4 is 0 Å². The predicted octanol–water partition coefficient (Wildman–Crippen LogP) is 3.08. The number of nitrogens with zero attached hydrogens (tertiary/aromatic N) is 1. The van der Waals surface area contributed by atoms with E-state index in [4.69, 9.17) is 0 Å². The average molecular weight is 189 g/mol. The van der Waals surface area contributed by atoms with E-state index in [2.05, 4.69) is 55.7 Å². The quantitative estimate of drug-likeness (QED) is 0.643. The van der Waals surface area contributed by atoms with E-state index in [0.29, 0.717) is 0 Å². The Labute approximate surface area is 87.1 Å². The maximum atomic E-state index is 3.94. The topological polar surface area (TPSA) is 3.24 Å². The highest BCUT2D eigenvalue weighted by molar-refractivity contribution is 5.14. The molecule has 0 amide bonds. The number of rotatable bonds is 5. The van der Waals surface area contributed by atoms with Crippen LogP contribution in [0.5, 0.6) is 0 Å². The smallest absolute Gasteiger partial charge is 0.0237 e. The summed E-state index contributed by atoms with van der Waals surface area (Å²) in [5.74, 6) is 0. The van der Waals surface area contributed by atoms with Crippen molar-refractivity contribution in [3.05, 3.63) is 48.0 Å². The lowest BCUT2D eigenvalue weighted by Crippen LogP contribution is -2.24. The minimum Gasteiger partial charge on any atom is -0.295 e. The maximum absolute atomic E-state index is 3.94. The zero-order chi connectivity index (χ0) is 10.4. The lowest BCUT2D eigenvalue weighted by molar-refractivity contribution is 0.304. The van der Waals surface area contributed by atoms with Gasteiger partial charge in [-0.15, -0.1) is 0 Å². The predicted molar refractivity (Wildman–Crippen MR) is 62.2 cm³/mol. The van der Waals surface area contributed by atoms with Crippen LogP contribution in [0.1, 0.15) is 19.4 Å². The van der Waals surface area contributed by atoms with Crippen LogP contribution in [0, 0.1) is 0 Å². The Bertz CT molecular complexity index is 277. The molecule has 0 aromatic heterocycles. The third-order valence-electron chi connectivity index (χ3n) is 2.19. The second-order valence-corrected chi connectivity index (χ2v) is 3.75. The Morgan fingerprint density at radius 3 is 2.43 bits per heavy atom. The molecule has 0 bridgehead atoms. The second-order valence-electron chi connectivity index (χ2n) is 3.75. The van der Waals surface area contributed by atoms with Gasteiger partial charge in [-0.05, 0) is 19.0 Å². The third kappa shape index (κ3) is 3.75. The van der Waals surface area contributed by atoms with E-state index in [1.807, 2.05) is 0 Å². The Kier molecular flexibility index (Phi) is 4.41. The molecule has 0 saturated heterocycles. The van der Waals surface area contributed by atoms with Crippen molar-refractivity contribution < 1.29 is 0 Å². The summed E-state index contributed by atoms with van der Waals surface area (Å²) in [6, 6.07) is 10.6. The zero-order valence-corrected chi connectivity index (χ0v) is 9.16. The van der Waals surface area contributed by atoms with Crippen LogP contribution in [0.3, 0.4) is 0 Å². The third-order valence-corrected chi connectivity index (χ3v) is 2.19. The number of likely N-dealkylation sites (N-methyl/N-ethyl adjacent to an activating group) is 1. The lowest BCUT2D eigenvalue weighted by atomic mass is 10.2. The minimum atomic E-state index is 0.991. The first-order valence-electron chi connectivity index (χ1n) is 5.13. The Balaban J connectivity index is 2.53. The van der Waals surface area contributed by atoms with Crippen LogP contribution in [0.4, 0.5) is 0 Å². The largest absolute Gasteiger partial charge is 0.295 e. The van der Waals surface area contributed by atoms with Crippen molar-refractivity contribution in [3.8, 4) is 0 Å². The molecule has 0 aliphatic heterocycles. The molecule has 1 heteroatoms. The summed E-state index contributed by atoms with van der Waals surface area (Å²) in [6.45, 7) is 11.3. The van der Waals surface area contributed by atoms with Crippen molar-refractivity contribution in [2.45, 2.75) is 20.4 Å². The zero-order valence-electron chi connectivity index (χ0n) is 9.16. The van der Waals surface area contributed by atoms with Gasteiger partial charge in [0.1, 0.15) is 0 Å². The first kappa shape index (κ1) is 11.0. The molecule has 0 radical (unpaired) electrons. The summed E-state index contributed by atoms with van der Waals surface area (Å²) in [6.07, 6.45) is 0. The molecule has 0 N–H and O–H groups in total. The van der Waals surface area contributed by atoms with Crippen LogP contribution in [0.25, 0.3) is 0 Å². The van der Waals surface area contributed by atoms with Gasteiger partial charge in [0.15, 0.2) is 0 Å². The standard InChI is InChI=1S/C13H19N/c1-4-14(10-12(2)3)11-13-8-6-5-7-9-13/h5-9H,2,4,10-11H2,1,3H3. The molecule has 0 heterocycles. The molecule has 0 aliphatic rings. The van der Waals surface area contributed by atoms with Crippen LogP contribution < -0.4 is 0 Å². The van der Waals surface area contributed by atoms with Crippen LogP contribution in [-0.2, 0) is 6.54 Å². The van der Waals surface area contributed by atoms with Crippen LogP contribution in [0.2, 0.25) is 0 Å². The molecule has 0 fully saturated rings. The molecule has 1 aromatic carbocycles. The highest BCUT2D eigenvalue weighted by atomic mass is 15.1. The summed E-state index contributed by atoms with van der Waals surface area (Å²) in [5.41, 5.74) is 2.60. The molecule has 0 unspecified atom stereocenters. The van der Waals surface area contributed by atoms with E-state index in [-0.39, 0.29) is 0 Å². The molecule has 0 saturated carbocycles. The molecule has 1 aromatic rings. The molecular weight excluding hydrogens is 170 g/mol. The van der Waals surface area contributed by atoms with Crippen molar-refractivity contribution in [3.63, 3.8) is 0 Å². The maximum Gasteiger partial charge on any atom is 0.0237 e. The van der Waals surface area contributed by atoms with Gasteiger partial charge in [0.25, 0.3) is 0 Å². The normalized spacial score (nSPS) is 10.5. The van der Waals surface area contributed by atoms with Gasteiger partial charge in [-0.1, -0.05) is 49.4 Å². The molecule has 0 aliphatic carbocycles. The van der Waals surface area contributed by atoms with Crippen molar-refractivity contribution in [2.24, 2.45) is 0 Å². The monoisotopic (exact) mass is 189 g/mol. The summed E-state index contributed by atoms with van der Waals surface area (Å²) >= 11 is 0. The van der Waals surface area contributed by atoms with E-state index in [1.165, 1.54) is 11.1 Å². The molecule has 1 rings (SSSR count). The first-order valence-corrected chi connectivity index (χ1v) is 5.13.